The van der Waals surface area contributed by atoms with Crippen molar-refractivity contribution in [2.75, 3.05) is 19.8 Å². The van der Waals surface area contributed by atoms with Gasteiger partial charge in [0.2, 0.25) is 11.5 Å². The highest BCUT2D eigenvalue weighted by Crippen LogP contribution is 2.23. The third kappa shape index (κ3) is 3.97. The first-order valence-corrected chi connectivity index (χ1v) is 10.5. The van der Waals surface area contributed by atoms with Crippen LogP contribution in [0, 0.1) is 20.8 Å². The van der Waals surface area contributed by atoms with Crippen molar-refractivity contribution in [3.8, 4) is 11.4 Å². The van der Waals surface area contributed by atoms with Crippen LogP contribution in [0.5, 0.6) is 0 Å². The lowest BCUT2D eigenvalue weighted by Gasteiger charge is -2.14. The third-order valence-electron chi connectivity index (χ3n) is 5.66. The molecule has 0 fully saturated rings. The fourth-order valence-corrected chi connectivity index (χ4v) is 3.96. The number of carbonyl (C=O) groups excluding carboxylic acids is 2. The van der Waals surface area contributed by atoms with Crippen molar-refractivity contribution >= 4 is 11.8 Å². The van der Waals surface area contributed by atoms with Gasteiger partial charge in [0.25, 0.3) is 5.56 Å². The van der Waals surface area contributed by atoms with Gasteiger partial charge in [0, 0.05) is 24.0 Å². The van der Waals surface area contributed by atoms with E-state index in [4.69, 9.17) is 14.2 Å². The van der Waals surface area contributed by atoms with Crippen LogP contribution in [0.4, 0.5) is 0 Å². The Hall–Kier alpha value is -4.01. The molecule has 0 atom stereocenters. The maximum atomic E-state index is 13.4. The number of hydrogen-bond acceptors (Lipinski definition) is 6. The zero-order valence-corrected chi connectivity index (χ0v) is 19.0. The highest BCUT2D eigenvalue weighted by atomic mass is 16.6. The van der Waals surface area contributed by atoms with Gasteiger partial charge in [-0.25, -0.2) is 9.48 Å². The van der Waals surface area contributed by atoms with Crippen molar-refractivity contribution in [2.24, 2.45) is 7.05 Å². The van der Waals surface area contributed by atoms with Crippen LogP contribution in [0.1, 0.15) is 27.4 Å². The summed E-state index contributed by atoms with van der Waals surface area (Å²) in [5.74, 6) is -1.21. The van der Waals surface area contributed by atoms with Crippen molar-refractivity contribution in [2.45, 2.75) is 20.8 Å². The van der Waals surface area contributed by atoms with Gasteiger partial charge in [0.1, 0.15) is 25.2 Å². The Morgan fingerprint density at radius 3 is 2.45 bits per heavy atom. The van der Waals surface area contributed by atoms with Crippen LogP contribution in [0.15, 0.2) is 53.2 Å². The van der Waals surface area contributed by atoms with Gasteiger partial charge in [-0.1, -0.05) is 18.2 Å². The Labute approximate surface area is 190 Å². The predicted octanol–water partition coefficient (Wildman–Crippen LogP) is 2.51. The van der Waals surface area contributed by atoms with E-state index in [9.17, 15) is 14.4 Å². The van der Waals surface area contributed by atoms with Crippen molar-refractivity contribution in [1.82, 2.24) is 13.9 Å². The molecule has 172 valence electrons. The second-order valence-corrected chi connectivity index (χ2v) is 7.73. The molecular weight excluding hydrogens is 426 g/mol. The van der Waals surface area contributed by atoms with Crippen LogP contribution in [-0.2, 0) is 26.1 Å². The largest absolute Gasteiger partial charge is 0.493 e. The van der Waals surface area contributed by atoms with E-state index in [1.165, 1.54) is 6.26 Å². The molecule has 2 aromatic heterocycles. The van der Waals surface area contributed by atoms with E-state index < -0.39 is 12.6 Å². The number of esters is 1. The summed E-state index contributed by atoms with van der Waals surface area (Å²) in [6.07, 6.45) is 1.18. The minimum absolute atomic E-state index is 0.0686. The molecule has 3 heterocycles. The lowest BCUT2D eigenvalue weighted by Crippen LogP contribution is -2.22. The van der Waals surface area contributed by atoms with Crippen LogP contribution in [0.2, 0.25) is 0 Å². The summed E-state index contributed by atoms with van der Waals surface area (Å²) >= 11 is 0. The Morgan fingerprint density at radius 1 is 1.06 bits per heavy atom. The van der Waals surface area contributed by atoms with Crippen molar-refractivity contribution in [3.05, 3.63) is 81.4 Å². The highest BCUT2D eigenvalue weighted by Gasteiger charge is 2.25. The summed E-state index contributed by atoms with van der Waals surface area (Å²) in [5, 5.41) is 0. The number of benzene rings is 1. The van der Waals surface area contributed by atoms with E-state index in [0.29, 0.717) is 23.6 Å². The molecule has 9 heteroatoms. The van der Waals surface area contributed by atoms with Crippen molar-refractivity contribution in [1.29, 1.82) is 0 Å². The number of para-hydroxylation sites is 1. The second kappa shape index (κ2) is 8.85. The molecule has 0 saturated heterocycles. The third-order valence-corrected chi connectivity index (χ3v) is 5.66. The number of carbonyl (C=O) groups is 2. The van der Waals surface area contributed by atoms with Gasteiger partial charge in [0.05, 0.1) is 11.4 Å². The zero-order valence-electron chi connectivity index (χ0n) is 19.0. The first-order chi connectivity index (χ1) is 15.8. The van der Waals surface area contributed by atoms with Crippen LogP contribution >= 0.6 is 0 Å². The van der Waals surface area contributed by atoms with Crippen molar-refractivity contribution < 1.29 is 23.8 Å². The van der Waals surface area contributed by atoms with Crippen molar-refractivity contribution in [3.63, 3.8) is 0 Å². The Bertz CT molecular complexity index is 1310. The van der Waals surface area contributed by atoms with Gasteiger partial charge in [-0.2, -0.15) is 0 Å². The minimum atomic E-state index is -0.762. The molecule has 0 spiro atoms. The topological polar surface area (TPSA) is 93.7 Å². The predicted molar refractivity (Wildman–Crippen MR) is 120 cm³/mol. The molecule has 0 unspecified atom stereocenters. The molecule has 0 amide bonds. The van der Waals surface area contributed by atoms with Crippen LogP contribution in [0.25, 0.3) is 11.4 Å². The Balaban J connectivity index is 1.65. The highest BCUT2D eigenvalue weighted by molar-refractivity contribution is 6.00. The maximum Gasteiger partial charge on any atom is 0.377 e. The Morgan fingerprint density at radius 2 is 1.79 bits per heavy atom. The molecule has 0 bridgehead atoms. The second-order valence-electron chi connectivity index (χ2n) is 7.73. The van der Waals surface area contributed by atoms with E-state index >= 15 is 0 Å². The average Bonchev–Trinajstić information content (AvgIpc) is 3.23. The molecule has 9 nitrogen and oxygen atoms in total. The molecule has 0 saturated carbocycles. The van der Waals surface area contributed by atoms with E-state index in [-0.39, 0.29) is 23.7 Å². The number of aryl methyl sites for hydroxylation is 1. The monoisotopic (exact) mass is 451 g/mol. The van der Waals surface area contributed by atoms with Gasteiger partial charge < -0.3 is 18.8 Å². The molecule has 0 radical (unpaired) electrons. The summed E-state index contributed by atoms with van der Waals surface area (Å²) in [7, 11) is 1.82. The fraction of sp³-hybridized carbons (Fsp3) is 0.292. The van der Waals surface area contributed by atoms with E-state index in [2.05, 4.69) is 0 Å². The number of ketones is 1. The van der Waals surface area contributed by atoms with Gasteiger partial charge in [0.15, 0.2) is 6.61 Å². The number of aromatic nitrogens is 3. The SMILES string of the molecule is Cc1cc(C(=O)COC(=O)C2=COCCO2)c(C)n1-c1c(C)n(C)n(-c2ccccc2)c1=O. The lowest BCUT2D eigenvalue weighted by atomic mass is 10.1. The average molecular weight is 451 g/mol. The quantitative estimate of drug-likeness (QED) is 0.422. The number of nitrogens with zero attached hydrogens (tertiary/aromatic N) is 3. The minimum Gasteiger partial charge on any atom is -0.493 e. The summed E-state index contributed by atoms with van der Waals surface area (Å²) in [4.78, 5) is 38.3. The lowest BCUT2D eigenvalue weighted by molar-refractivity contribution is -0.143. The number of hydrogen-bond donors (Lipinski definition) is 0. The van der Waals surface area contributed by atoms with Gasteiger partial charge in [-0.15, -0.1) is 0 Å². The smallest absolute Gasteiger partial charge is 0.377 e. The Kier molecular flexibility index (Phi) is 5.95. The van der Waals surface area contributed by atoms with E-state index in [1.54, 1.807) is 26.9 Å². The normalized spacial score (nSPS) is 13.2. The van der Waals surface area contributed by atoms with Gasteiger partial charge in [-0.05, 0) is 39.0 Å². The molecule has 1 aromatic carbocycles. The molecule has 0 aliphatic carbocycles. The summed E-state index contributed by atoms with van der Waals surface area (Å²) < 4.78 is 20.4. The molecule has 1 aliphatic rings. The van der Waals surface area contributed by atoms with Crippen LogP contribution in [0.3, 0.4) is 0 Å². The standard InChI is InChI=1S/C24H25N3O6/c1-15-12-19(20(28)13-33-24(30)21-14-31-10-11-32-21)16(2)26(15)22-17(3)25(4)27(23(22)29)18-8-6-5-7-9-18/h5-9,12,14H,10-11,13H2,1-4H3. The number of ether oxygens (including phenoxy) is 3. The first kappa shape index (κ1) is 22.2. The summed E-state index contributed by atoms with van der Waals surface area (Å²) in [6.45, 7) is 5.59. The first-order valence-electron chi connectivity index (χ1n) is 10.5. The van der Waals surface area contributed by atoms with Gasteiger partial charge in [-0.3, -0.25) is 14.3 Å². The number of Topliss-reactive ketones (excluding diaryl/α,β-unsaturated/α-hetero) is 1. The molecular formula is C24H25N3O6. The van der Waals surface area contributed by atoms with Crippen LogP contribution in [-0.4, -0.2) is 45.5 Å². The van der Waals surface area contributed by atoms with E-state index in [1.807, 2.05) is 51.2 Å². The molecule has 3 aromatic rings. The summed E-state index contributed by atoms with van der Waals surface area (Å²) in [5.41, 5.74) is 3.45. The molecule has 33 heavy (non-hydrogen) atoms. The maximum absolute atomic E-state index is 13.4. The summed E-state index contributed by atoms with van der Waals surface area (Å²) in [6, 6.07) is 11.0. The fourth-order valence-electron chi connectivity index (χ4n) is 3.96. The molecule has 4 rings (SSSR count). The molecule has 0 N–H and O–H groups in total. The number of rotatable bonds is 6. The van der Waals surface area contributed by atoms with E-state index in [0.717, 1.165) is 17.1 Å². The molecule has 1 aliphatic heterocycles. The zero-order chi connectivity index (χ0) is 23.7. The van der Waals surface area contributed by atoms with Crippen LogP contribution < -0.4 is 5.56 Å². The van der Waals surface area contributed by atoms with Gasteiger partial charge >= 0.3 is 5.97 Å².